The van der Waals surface area contributed by atoms with Crippen molar-refractivity contribution in [2.45, 2.75) is 32.6 Å². The Balaban J connectivity index is 2.08. The van der Waals surface area contributed by atoms with E-state index in [-0.39, 0.29) is 0 Å². The number of hydrogen-bond donors (Lipinski definition) is 2. The van der Waals surface area contributed by atoms with E-state index in [1.165, 1.54) is 12.8 Å². The normalized spacial score (nSPS) is 14.6. The summed E-state index contributed by atoms with van der Waals surface area (Å²) < 4.78 is 5.32. The Hall–Kier alpha value is -1.36. The summed E-state index contributed by atoms with van der Waals surface area (Å²) in [6, 6.07) is 0. The molecular formula is C13H22N4O. The van der Waals surface area contributed by atoms with Crippen LogP contribution in [-0.2, 0) is 4.74 Å². The predicted octanol–water partition coefficient (Wildman–Crippen LogP) is 2.15. The van der Waals surface area contributed by atoms with Gasteiger partial charge in [0.25, 0.3) is 0 Å². The summed E-state index contributed by atoms with van der Waals surface area (Å²) in [5.41, 5.74) is 1.07. The minimum atomic E-state index is 0.560. The van der Waals surface area contributed by atoms with Crippen LogP contribution in [-0.4, -0.2) is 36.8 Å². The number of rotatable bonds is 7. The molecule has 5 nitrogen and oxygen atoms in total. The van der Waals surface area contributed by atoms with Crippen molar-refractivity contribution in [2.75, 3.05) is 37.4 Å². The zero-order valence-electron chi connectivity index (χ0n) is 11.4. The van der Waals surface area contributed by atoms with Gasteiger partial charge in [0, 0.05) is 31.7 Å². The van der Waals surface area contributed by atoms with Gasteiger partial charge in [0.15, 0.2) is 0 Å². The molecule has 2 N–H and O–H groups in total. The molecule has 18 heavy (non-hydrogen) atoms. The zero-order chi connectivity index (χ0) is 13.0. The fourth-order valence-corrected chi connectivity index (χ4v) is 1.86. The van der Waals surface area contributed by atoms with Gasteiger partial charge >= 0.3 is 0 Å². The van der Waals surface area contributed by atoms with Crippen molar-refractivity contribution >= 4 is 11.6 Å². The first-order valence-corrected chi connectivity index (χ1v) is 6.64. The molecule has 1 aliphatic rings. The molecule has 0 unspecified atom stereocenters. The molecule has 1 saturated carbocycles. The summed E-state index contributed by atoms with van der Waals surface area (Å²) in [4.78, 5) is 9.19. The molecule has 0 spiro atoms. The highest BCUT2D eigenvalue weighted by Gasteiger charge is 2.28. The number of ether oxygens (including phenoxy) is 1. The molecule has 1 heterocycles. The standard InChI is InChI=1S/C13H22N4O/c1-4-18-8-7-15-12-9(2)11(14-3)16-13(17-12)10-5-6-10/h10H,4-8H2,1-3H3,(H2,14,15,16,17). The molecule has 1 aromatic rings. The summed E-state index contributed by atoms with van der Waals surface area (Å²) in [5.74, 6) is 3.37. The van der Waals surface area contributed by atoms with E-state index in [9.17, 15) is 0 Å². The van der Waals surface area contributed by atoms with Gasteiger partial charge in [-0.3, -0.25) is 0 Å². The van der Waals surface area contributed by atoms with E-state index in [2.05, 4.69) is 20.6 Å². The molecule has 1 aliphatic carbocycles. The van der Waals surface area contributed by atoms with Crippen molar-refractivity contribution < 1.29 is 4.74 Å². The second-order valence-corrected chi connectivity index (χ2v) is 4.55. The van der Waals surface area contributed by atoms with Gasteiger partial charge in [0.05, 0.1) is 6.61 Å². The highest BCUT2D eigenvalue weighted by Crippen LogP contribution is 2.39. The third-order valence-corrected chi connectivity index (χ3v) is 3.09. The summed E-state index contributed by atoms with van der Waals surface area (Å²) >= 11 is 0. The maximum Gasteiger partial charge on any atom is 0.136 e. The fourth-order valence-electron chi connectivity index (χ4n) is 1.86. The largest absolute Gasteiger partial charge is 0.380 e. The van der Waals surface area contributed by atoms with Crippen LogP contribution in [0.15, 0.2) is 0 Å². The Morgan fingerprint density at radius 1 is 1.28 bits per heavy atom. The van der Waals surface area contributed by atoms with Crippen LogP contribution >= 0.6 is 0 Å². The SMILES string of the molecule is CCOCCNc1nc(C2CC2)nc(NC)c1C. The Kier molecular flexibility index (Phi) is 4.36. The monoisotopic (exact) mass is 250 g/mol. The van der Waals surface area contributed by atoms with Crippen LogP contribution in [0.2, 0.25) is 0 Å². The minimum absolute atomic E-state index is 0.560. The average molecular weight is 250 g/mol. The molecule has 0 radical (unpaired) electrons. The summed E-state index contributed by atoms with van der Waals surface area (Å²) in [6.07, 6.45) is 2.43. The molecule has 1 fully saturated rings. The molecule has 0 amide bonds. The van der Waals surface area contributed by atoms with Gasteiger partial charge in [-0.15, -0.1) is 0 Å². The number of nitrogens with zero attached hydrogens (tertiary/aromatic N) is 2. The van der Waals surface area contributed by atoms with Crippen molar-refractivity contribution in [3.8, 4) is 0 Å². The van der Waals surface area contributed by atoms with Crippen molar-refractivity contribution in [3.05, 3.63) is 11.4 Å². The lowest BCUT2D eigenvalue weighted by molar-refractivity contribution is 0.158. The van der Waals surface area contributed by atoms with E-state index in [0.717, 1.165) is 36.2 Å². The van der Waals surface area contributed by atoms with E-state index in [1.54, 1.807) is 0 Å². The van der Waals surface area contributed by atoms with Gasteiger partial charge in [-0.2, -0.15) is 0 Å². The molecule has 0 aliphatic heterocycles. The molecule has 0 atom stereocenters. The zero-order valence-corrected chi connectivity index (χ0v) is 11.4. The van der Waals surface area contributed by atoms with Gasteiger partial charge in [-0.25, -0.2) is 9.97 Å². The van der Waals surface area contributed by atoms with E-state index < -0.39 is 0 Å². The number of hydrogen-bond acceptors (Lipinski definition) is 5. The third-order valence-electron chi connectivity index (χ3n) is 3.09. The quantitative estimate of drug-likeness (QED) is 0.726. The van der Waals surface area contributed by atoms with Crippen molar-refractivity contribution in [1.29, 1.82) is 0 Å². The van der Waals surface area contributed by atoms with E-state index >= 15 is 0 Å². The first-order chi connectivity index (χ1) is 8.76. The Morgan fingerprint density at radius 3 is 2.61 bits per heavy atom. The van der Waals surface area contributed by atoms with Crippen LogP contribution in [0, 0.1) is 6.92 Å². The molecule has 5 heteroatoms. The van der Waals surface area contributed by atoms with Crippen LogP contribution in [0.1, 0.15) is 37.1 Å². The van der Waals surface area contributed by atoms with Crippen molar-refractivity contribution in [1.82, 2.24) is 9.97 Å². The van der Waals surface area contributed by atoms with Crippen LogP contribution in [0.25, 0.3) is 0 Å². The van der Waals surface area contributed by atoms with Crippen molar-refractivity contribution in [3.63, 3.8) is 0 Å². The Bertz CT molecular complexity index is 404. The molecule has 2 rings (SSSR count). The van der Waals surface area contributed by atoms with E-state index in [4.69, 9.17) is 4.74 Å². The fraction of sp³-hybridized carbons (Fsp3) is 0.692. The van der Waals surface area contributed by atoms with Crippen LogP contribution < -0.4 is 10.6 Å². The van der Waals surface area contributed by atoms with Crippen LogP contribution in [0.5, 0.6) is 0 Å². The third kappa shape index (κ3) is 3.10. The maximum atomic E-state index is 5.32. The van der Waals surface area contributed by atoms with Crippen LogP contribution in [0.3, 0.4) is 0 Å². The van der Waals surface area contributed by atoms with Crippen molar-refractivity contribution in [2.24, 2.45) is 0 Å². The Labute approximate surface area is 108 Å². The molecule has 1 aromatic heterocycles. The van der Waals surface area contributed by atoms with Gasteiger partial charge in [0.2, 0.25) is 0 Å². The highest BCUT2D eigenvalue weighted by molar-refractivity contribution is 5.57. The van der Waals surface area contributed by atoms with Gasteiger partial charge in [-0.1, -0.05) is 0 Å². The average Bonchev–Trinajstić information content (AvgIpc) is 3.20. The summed E-state index contributed by atoms with van der Waals surface area (Å²) in [6.45, 7) is 6.26. The maximum absolute atomic E-state index is 5.32. The van der Waals surface area contributed by atoms with Crippen LogP contribution in [0.4, 0.5) is 11.6 Å². The second-order valence-electron chi connectivity index (χ2n) is 4.55. The van der Waals surface area contributed by atoms with Gasteiger partial charge < -0.3 is 15.4 Å². The molecule has 0 bridgehead atoms. The first kappa shape index (κ1) is 13.1. The summed E-state index contributed by atoms with van der Waals surface area (Å²) in [5, 5.41) is 6.47. The lowest BCUT2D eigenvalue weighted by Gasteiger charge is -2.13. The number of nitrogens with one attached hydrogen (secondary N) is 2. The number of anilines is 2. The van der Waals surface area contributed by atoms with Gasteiger partial charge in [-0.05, 0) is 26.7 Å². The number of aromatic nitrogens is 2. The minimum Gasteiger partial charge on any atom is -0.380 e. The topological polar surface area (TPSA) is 59.1 Å². The first-order valence-electron chi connectivity index (χ1n) is 6.64. The molecular weight excluding hydrogens is 228 g/mol. The predicted molar refractivity (Wildman–Crippen MR) is 73.3 cm³/mol. The smallest absolute Gasteiger partial charge is 0.136 e. The Morgan fingerprint density at radius 2 is 2.00 bits per heavy atom. The van der Waals surface area contributed by atoms with E-state index in [0.29, 0.717) is 12.5 Å². The summed E-state index contributed by atoms with van der Waals surface area (Å²) in [7, 11) is 1.90. The highest BCUT2D eigenvalue weighted by atomic mass is 16.5. The second kappa shape index (κ2) is 6.00. The molecule has 0 aromatic carbocycles. The lowest BCUT2D eigenvalue weighted by Crippen LogP contribution is -2.13. The van der Waals surface area contributed by atoms with Gasteiger partial charge in [0.1, 0.15) is 17.5 Å². The van der Waals surface area contributed by atoms with E-state index in [1.807, 2.05) is 20.9 Å². The molecule has 100 valence electrons. The lowest BCUT2D eigenvalue weighted by atomic mass is 10.2. The molecule has 0 saturated heterocycles.